The van der Waals surface area contributed by atoms with E-state index in [0.717, 1.165) is 6.42 Å². The van der Waals surface area contributed by atoms with Crippen LogP contribution in [0.4, 0.5) is 0 Å². The van der Waals surface area contributed by atoms with Gasteiger partial charge in [-0.2, -0.15) is 0 Å². The second-order valence-corrected chi connectivity index (χ2v) is 6.00. The van der Waals surface area contributed by atoms with Gasteiger partial charge in [0.2, 0.25) is 0 Å². The van der Waals surface area contributed by atoms with Crippen molar-refractivity contribution in [3.63, 3.8) is 0 Å². The lowest BCUT2D eigenvalue weighted by atomic mass is 9.85. The first-order valence-electron chi connectivity index (χ1n) is 6.99. The van der Waals surface area contributed by atoms with E-state index in [4.69, 9.17) is 0 Å². The molecule has 0 bridgehead atoms. The Morgan fingerprint density at radius 1 is 1.44 bits per heavy atom. The summed E-state index contributed by atoms with van der Waals surface area (Å²) in [5.41, 5.74) is 2.75. The molecule has 0 heterocycles. The van der Waals surface area contributed by atoms with E-state index in [2.05, 4.69) is 50.4 Å². The molecule has 3 unspecified atom stereocenters. The Hall–Kier alpha value is -0.860. The largest absolute Gasteiger partial charge is 0.396 e. The summed E-state index contributed by atoms with van der Waals surface area (Å²) < 4.78 is 0. The Kier molecular flexibility index (Phi) is 4.08. The summed E-state index contributed by atoms with van der Waals surface area (Å²) in [6.45, 7) is 6.86. The molecule has 0 spiro atoms. The highest BCUT2D eigenvalue weighted by molar-refractivity contribution is 5.28. The topological polar surface area (TPSA) is 32.3 Å². The molecule has 1 aliphatic rings. The van der Waals surface area contributed by atoms with E-state index in [1.165, 1.54) is 24.0 Å². The highest BCUT2D eigenvalue weighted by atomic mass is 16.3. The van der Waals surface area contributed by atoms with Crippen LogP contribution in [0.5, 0.6) is 0 Å². The number of benzene rings is 1. The molecule has 1 aliphatic carbocycles. The Labute approximate surface area is 110 Å². The van der Waals surface area contributed by atoms with E-state index in [1.54, 1.807) is 0 Å². The van der Waals surface area contributed by atoms with Crippen molar-refractivity contribution in [2.45, 2.75) is 52.1 Å². The fourth-order valence-electron chi connectivity index (χ4n) is 3.17. The third-order valence-electron chi connectivity index (χ3n) is 4.55. The van der Waals surface area contributed by atoms with Gasteiger partial charge in [-0.25, -0.2) is 0 Å². The molecule has 0 aliphatic heterocycles. The van der Waals surface area contributed by atoms with Crippen LogP contribution in [0.25, 0.3) is 0 Å². The Morgan fingerprint density at radius 2 is 2.17 bits per heavy atom. The maximum Gasteiger partial charge on any atom is 0.0499 e. The third-order valence-corrected chi connectivity index (χ3v) is 4.55. The van der Waals surface area contributed by atoms with Gasteiger partial charge in [0.05, 0.1) is 0 Å². The zero-order valence-electron chi connectivity index (χ0n) is 11.7. The smallest absolute Gasteiger partial charge is 0.0499 e. The summed E-state index contributed by atoms with van der Waals surface area (Å²) >= 11 is 0. The van der Waals surface area contributed by atoms with E-state index in [1.807, 2.05) is 0 Å². The summed E-state index contributed by atoms with van der Waals surface area (Å²) in [7, 11) is 0. The second-order valence-electron chi connectivity index (χ2n) is 6.00. The summed E-state index contributed by atoms with van der Waals surface area (Å²) in [4.78, 5) is 0. The minimum absolute atomic E-state index is 0.0525. The van der Waals surface area contributed by atoms with E-state index < -0.39 is 0 Å². The minimum atomic E-state index is 0.0525. The quantitative estimate of drug-likeness (QED) is 0.856. The molecule has 1 saturated carbocycles. The first-order chi connectivity index (χ1) is 8.57. The number of nitrogens with one attached hydrogen (secondary N) is 1. The van der Waals surface area contributed by atoms with Crippen LogP contribution in [0.1, 0.15) is 50.3 Å². The molecule has 1 fully saturated rings. The van der Waals surface area contributed by atoms with Crippen LogP contribution in [-0.2, 0) is 0 Å². The van der Waals surface area contributed by atoms with Crippen molar-refractivity contribution in [3.8, 4) is 0 Å². The Bertz CT molecular complexity index is 404. The number of aryl methyl sites for hydroxylation is 1. The summed E-state index contributed by atoms with van der Waals surface area (Å²) in [5, 5.41) is 13.3. The lowest BCUT2D eigenvalue weighted by Gasteiger charge is -2.33. The predicted octanol–water partition coefficient (Wildman–Crippen LogP) is 3.20. The molecule has 100 valence electrons. The van der Waals surface area contributed by atoms with Crippen molar-refractivity contribution < 1.29 is 5.11 Å². The van der Waals surface area contributed by atoms with Crippen molar-refractivity contribution >= 4 is 0 Å². The van der Waals surface area contributed by atoms with Crippen molar-refractivity contribution in [3.05, 3.63) is 35.4 Å². The molecule has 1 aromatic carbocycles. The Morgan fingerprint density at radius 3 is 2.83 bits per heavy atom. The fourth-order valence-corrected chi connectivity index (χ4v) is 3.17. The van der Waals surface area contributed by atoms with E-state index in [-0.39, 0.29) is 12.0 Å². The van der Waals surface area contributed by atoms with Crippen LogP contribution >= 0.6 is 0 Å². The molecule has 2 nitrogen and oxygen atoms in total. The monoisotopic (exact) mass is 247 g/mol. The van der Waals surface area contributed by atoms with Gasteiger partial charge < -0.3 is 10.4 Å². The van der Waals surface area contributed by atoms with Gasteiger partial charge in [0.15, 0.2) is 0 Å². The zero-order chi connectivity index (χ0) is 13.2. The van der Waals surface area contributed by atoms with Crippen LogP contribution in [0.3, 0.4) is 0 Å². The molecule has 0 amide bonds. The normalized spacial score (nSPS) is 29.4. The van der Waals surface area contributed by atoms with Crippen LogP contribution in [0, 0.1) is 12.3 Å². The zero-order valence-corrected chi connectivity index (χ0v) is 11.7. The van der Waals surface area contributed by atoms with Gasteiger partial charge in [-0.1, -0.05) is 37.6 Å². The lowest BCUT2D eigenvalue weighted by Crippen LogP contribution is -2.43. The van der Waals surface area contributed by atoms with Crippen molar-refractivity contribution in [2.75, 3.05) is 6.61 Å². The predicted molar refractivity (Wildman–Crippen MR) is 75.6 cm³/mol. The standard InChI is InChI=1S/C16H25NO/c1-12-7-4-5-8-14(12)13(2)17-15-9-6-10-16(15,3)11-18/h4-5,7-8,13,15,17-18H,6,9-11H2,1-3H3. The first-order valence-corrected chi connectivity index (χ1v) is 6.99. The molecule has 0 saturated heterocycles. The maximum absolute atomic E-state index is 9.59. The summed E-state index contributed by atoms with van der Waals surface area (Å²) in [5.74, 6) is 0. The number of aliphatic hydroxyl groups excluding tert-OH is 1. The van der Waals surface area contributed by atoms with Crippen LogP contribution < -0.4 is 5.32 Å². The Balaban J connectivity index is 2.08. The molecule has 3 atom stereocenters. The average molecular weight is 247 g/mol. The highest BCUT2D eigenvalue weighted by Gasteiger charge is 2.38. The summed E-state index contributed by atoms with van der Waals surface area (Å²) in [6, 6.07) is 9.31. The van der Waals surface area contributed by atoms with Crippen molar-refractivity contribution in [1.82, 2.24) is 5.32 Å². The van der Waals surface area contributed by atoms with Crippen LogP contribution in [-0.4, -0.2) is 17.8 Å². The number of hydrogen-bond donors (Lipinski definition) is 2. The highest BCUT2D eigenvalue weighted by Crippen LogP contribution is 2.38. The lowest BCUT2D eigenvalue weighted by molar-refractivity contribution is 0.114. The molecule has 18 heavy (non-hydrogen) atoms. The van der Waals surface area contributed by atoms with Gasteiger partial charge in [-0.15, -0.1) is 0 Å². The second kappa shape index (κ2) is 5.41. The molecular formula is C16H25NO. The minimum Gasteiger partial charge on any atom is -0.396 e. The van der Waals surface area contributed by atoms with Crippen molar-refractivity contribution in [2.24, 2.45) is 5.41 Å². The number of rotatable bonds is 4. The number of hydrogen-bond acceptors (Lipinski definition) is 2. The molecule has 2 N–H and O–H groups in total. The molecular weight excluding hydrogens is 222 g/mol. The molecule has 0 aromatic heterocycles. The summed E-state index contributed by atoms with van der Waals surface area (Å²) in [6.07, 6.45) is 3.52. The van der Waals surface area contributed by atoms with Gasteiger partial charge in [-0.3, -0.25) is 0 Å². The molecule has 0 radical (unpaired) electrons. The van der Waals surface area contributed by atoms with Gasteiger partial charge in [-0.05, 0) is 37.8 Å². The van der Waals surface area contributed by atoms with Gasteiger partial charge in [0.1, 0.15) is 0 Å². The maximum atomic E-state index is 9.59. The number of aliphatic hydroxyl groups is 1. The van der Waals surface area contributed by atoms with Crippen LogP contribution in [0.2, 0.25) is 0 Å². The fraction of sp³-hybridized carbons (Fsp3) is 0.625. The van der Waals surface area contributed by atoms with E-state index >= 15 is 0 Å². The molecule has 2 rings (SSSR count). The third kappa shape index (κ3) is 2.60. The average Bonchev–Trinajstić information content (AvgIpc) is 2.72. The van der Waals surface area contributed by atoms with E-state index in [0.29, 0.717) is 12.1 Å². The van der Waals surface area contributed by atoms with Gasteiger partial charge in [0, 0.05) is 24.1 Å². The first kappa shape index (κ1) is 13.6. The van der Waals surface area contributed by atoms with Gasteiger partial charge in [0.25, 0.3) is 0 Å². The molecule has 1 aromatic rings. The van der Waals surface area contributed by atoms with Crippen molar-refractivity contribution in [1.29, 1.82) is 0 Å². The van der Waals surface area contributed by atoms with E-state index in [9.17, 15) is 5.11 Å². The van der Waals surface area contributed by atoms with Crippen LogP contribution in [0.15, 0.2) is 24.3 Å². The molecule has 2 heteroatoms. The van der Waals surface area contributed by atoms with Gasteiger partial charge >= 0.3 is 0 Å². The SMILES string of the molecule is Cc1ccccc1C(C)NC1CCCC1(C)CO.